The Bertz CT molecular complexity index is 1350. The average Bonchev–Trinajstić information content (AvgIpc) is 3.44. The maximum absolute atomic E-state index is 12.9. The highest BCUT2D eigenvalue weighted by Crippen LogP contribution is 2.18. The lowest BCUT2D eigenvalue weighted by Gasteiger charge is -2.18. The molecule has 0 spiro atoms. The Kier molecular flexibility index (Phi) is 64.6. The van der Waals surface area contributed by atoms with Gasteiger partial charge < -0.3 is 14.2 Å². The van der Waals surface area contributed by atoms with Gasteiger partial charge in [-0.3, -0.25) is 14.4 Å². The highest BCUT2D eigenvalue weighted by atomic mass is 16.6. The van der Waals surface area contributed by atoms with E-state index < -0.39 is 6.10 Å². The first-order chi connectivity index (χ1) is 38.5. The smallest absolute Gasteiger partial charge is 0.306 e. The zero-order valence-corrected chi connectivity index (χ0v) is 52.5. The largest absolute Gasteiger partial charge is 0.462 e. The lowest BCUT2D eigenvalue weighted by molar-refractivity contribution is -0.167. The van der Waals surface area contributed by atoms with Crippen molar-refractivity contribution < 1.29 is 28.6 Å². The molecule has 0 saturated heterocycles. The van der Waals surface area contributed by atoms with E-state index in [0.29, 0.717) is 19.3 Å². The molecule has 0 aliphatic heterocycles. The van der Waals surface area contributed by atoms with Crippen molar-refractivity contribution in [3.8, 4) is 0 Å². The summed E-state index contributed by atoms with van der Waals surface area (Å²) in [5, 5.41) is 0. The molecule has 0 aliphatic carbocycles. The zero-order chi connectivity index (χ0) is 56.4. The lowest BCUT2D eigenvalue weighted by Crippen LogP contribution is -2.30. The van der Waals surface area contributed by atoms with E-state index in [2.05, 4.69) is 69.4 Å². The summed E-state index contributed by atoms with van der Waals surface area (Å²) in [5.74, 6) is -0.849. The molecule has 0 aliphatic rings. The van der Waals surface area contributed by atoms with E-state index in [-0.39, 0.29) is 31.1 Å². The van der Waals surface area contributed by atoms with E-state index >= 15 is 0 Å². The number of ether oxygens (including phenoxy) is 3. The van der Waals surface area contributed by atoms with E-state index in [1.165, 1.54) is 263 Å². The van der Waals surface area contributed by atoms with Crippen LogP contribution < -0.4 is 0 Å². The molecule has 0 radical (unpaired) electrons. The normalized spacial score (nSPS) is 12.3. The predicted molar refractivity (Wildman–Crippen MR) is 339 cm³/mol. The van der Waals surface area contributed by atoms with Crippen molar-refractivity contribution in [1.82, 2.24) is 0 Å². The molecule has 78 heavy (non-hydrogen) atoms. The molecule has 0 heterocycles. The van der Waals surface area contributed by atoms with Crippen molar-refractivity contribution in [2.45, 2.75) is 380 Å². The number of rotatable bonds is 64. The van der Waals surface area contributed by atoms with Crippen LogP contribution in [0.5, 0.6) is 0 Å². The van der Waals surface area contributed by atoms with E-state index in [9.17, 15) is 14.4 Å². The molecule has 0 rings (SSSR count). The molecule has 0 aromatic carbocycles. The van der Waals surface area contributed by atoms with Gasteiger partial charge in [-0.2, -0.15) is 0 Å². The van der Waals surface area contributed by atoms with Crippen LogP contribution in [0.3, 0.4) is 0 Å². The van der Waals surface area contributed by atoms with Crippen LogP contribution in [0.2, 0.25) is 0 Å². The van der Waals surface area contributed by atoms with E-state index in [1.54, 1.807) is 0 Å². The second kappa shape index (κ2) is 66.9. The first-order valence-corrected chi connectivity index (χ1v) is 34.6. The molecule has 456 valence electrons. The van der Waals surface area contributed by atoms with Gasteiger partial charge in [0.1, 0.15) is 13.2 Å². The fraction of sp³-hybridized carbons (Fsp3) is 0.847. The number of carbonyl (C=O) groups excluding carboxylic acids is 3. The third-order valence-electron chi connectivity index (χ3n) is 15.6. The lowest BCUT2D eigenvalue weighted by atomic mass is 10.0. The second-order valence-corrected chi connectivity index (χ2v) is 23.4. The predicted octanol–water partition coefficient (Wildman–Crippen LogP) is 23.7. The van der Waals surface area contributed by atoms with Gasteiger partial charge in [-0.15, -0.1) is 0 Å². The average molecular weight is 1090 g/mol. The van der Waals surface area contributed by atoms with Crippen molar-refractivity contribution in [3.63, 3.8) is 0 Å². The van der Waals surface area contributed by atoms with Gasteiger partial charge >= 0.3 is 17.9 Å². The van der Waals surface area contributed by atoms with E-state index in [0.717, 1.165) is 70.6 Å². The second-order valence-electron chi connectivity index (χ2n) is 23.4. The summed E-state index contributed by atoms with van der Waals surface area (Å²) in [6.07, 6.45) is 84.3. The Morgan fingerprint density at radius 3 is 0.705 bits per heavy atom. The highest BCUT2D eigenvalue weighted by Gasteiger charge is 2.19. The molecule has 0 aromatic rings. The molecular formula is C72H132O6. The van der Waals surface area contributed by atoms with Crippen LogP contribution >= 0.6 is 0 Å². The minimum Gasteiger partial charge on any atom is -0.462 e. The summed E-state index contributed by atoms with van der Waals surface area (Å²) in [6, 6.07) is 0. The summed E-state index contributed by atoms with van der Waals surface area (Å²) >= 11 is 0. The van der Waals surface area contributed by atoms with Crippen LogP contribution in [0.15, 0.2) is 48.6 Å². The van der Waals surface area contributed by atoms with Crippen LogP contribution in [0, 0.1) is 0 Å². The summed E-state index contributed by atoms with van der Waals surface area (Å²) in [6.45, 7) is 6.66. The summed E-state index contributed by atoms with van der Waals surface area (Å²) < 4.78 is 16.9. The molecule has 0 N–H and O–H groups in total. The molecule has 6 heteroatoms. The Morgan fingerprint density at radius 2 is 0.462 bits per heavy atom. The Labute approximate surface area is 486 Å². The van der Waals surface area contributed by atoms with Gasteiger partial charge in [0.15, 0.2) is 6.10 Å². The van der Waals surface area contributed by atoms with Crippen LogP contribution in [0.1, 0.15) is 374 Å². The fourth-order valence-corrected chi connectivity index (χ4v) is 10.3. The van der Waals surface area contributed by atoms with Gasteiger partial charge in [0.05, 0.1) is 0 Å². The third kappa shape index (κ3) is 64.2. The van der Waals surface area contributed by atoms with E-state index in [1.807, 2.05) is 0 Å². The topological polar surface area (TPSA) is 78.9 Å². The van der Waals surface area contributed by atoms with Gasteiger partial charge in [-0.05, 0) is 83.5 Å². The number of allylic oxidation sites excluding steroid dienone is 8. The molecule has 1 atom stereocenters. The number of hydrogen-bond donors (Lipinski definition) is 0. The summed E-state index contributed by atoms with van der Waals surface area (Å²) in [5.41, 5.74) is 0. The molecule has 0 amide bonds. The third-order valence-corrected chi connectivity index (χ3v) is 15.6. The van der Waals surface area contributed by atoms with Crippen LogP contribution in [0.25, 0.3) is 0 Å². The number of hydrogen-bond acceptors (Lipinski definition) is 6. The van der Waals surface area contributed by atoms with Crippen LogP contribution in [-0.4, -0.2) is 37.2 Å². The maximum atomic E-state index is 12.9. The van der Waals surface area contributed by atoms with Gasteiger partial charge in [0.2, 0.25) is 0 Å². The van der Waals surface area contributed by atoms with Crippen molar-refractivity contribution >= 4 is 17.9 Å². The standard InChI is InChI=1S/C72H132O6/c1-4-7-10-13-16-19-22-24-26-28-30-32-34-35-36-37-39-40-42-44-46-48-50-53-56-59-62-65-71(74)77-68-69(67-76-70(73)64-61-58-55-52-21-18-15-12-9-6-3)78-72(75)66-63-60-57-54-51-49-47-45-43-41-38-33-31-29-27-25-23-20-17-14-11-8-5-2/h22-25,28-31,69H,4-21,26-27,32-68H2,1-3H3/b24-22-,25-23-,30-28-,31-29-. The highest BCUT2D eigenvalue weighted by molar-refractivity contribution is 5.71. The first-order valence-electron chi connectivity index (χ1n) is 34.6. The molecule has 1 unspecified atom stereocenters. The van der Waals surface area contributed by atoms with Gasteiger partial charge in [0, 0.05) is 19.3 Å². The van der Waals surface area contributed by atoms with E-state index in [4.69, 9.17) is 14.2 Å². The number of carbonyl (C=O) groups is 3. The summed E-state index contributed by atoms with van der Waals surface area (Å²) in [7, 11) is 0. The SMILES string of the molecule is CCCCCCC/C=C\C/C=C\CCCCCCCCCCCCCCCCCC(=O)OCC(COC(=O)CCCCCCCCCCCC)OC(=O)CCCCCCCCCCCCC/C=C\C/C=C\CCCCCCC. The van der Waals surface area contributed by atoms with Crippen molar-refractivity contribution in [2.24, 2.45) is 0 Å². The minimum atomic E-state index is -0.772. The molecule has 0 aromatic heterocycles. The molecule has 0 fully saturated rings. The monoisotopic (exact) mass is 1090 g/mol. The van der Waals surface area contributed by atoms with Gasteiger partial charge in [-0.25, -0.2) is 0 Å². The van der Waals surface area contributed by atoms with Gasteiger partial charge in [0.25, 0.3) is 0 Å². The molecular weight excluding hydrogens is 961 g/mol. The molecule has 6 nitrogen and oxygen atoms in total. The number of unbranched alkanes of at least 4 members (excludes halogenated alkanes) is 45. The van der Waals surface area contributed by atoms with Crippen LogP contribution in [0.4, 0.5) is 0 Å². The Hall–Kier alpha value is -2.63. The number of esters is 3. The fourth-order valence-electron chi connectivity index (χ4n) is 10.3. The molecule has 0 saturated carbocycles. The zero-order valence-electron chi connectivity index (χ0n) is 52.5. The van der Waals surface area contributed by atoms with Crippen molar-refractivity contribution in [3.05, 3.63) is 48.6 Å². The van der Waals surface area contributed by atoms with Gasteiger partial charge in [-0.1, -0.05) is 320 Å². The quantitative estimate of drug-likeness (QED) is 0.0261. The first kappa shape index (κ1) is 75.4. The maximum Gasteiger partial charge on any atom is 0.306 e. The Balaban J connectivity index is 4.17. The Morgan fingerprint density at radius 1 is 0.256 bits per heavy atom. The minimum absolute atomic E-state index is 0.0693. The van der Waals surface area contributed by atoms with Crippen LogP contribution in [-0.2, 0) is 28.6 Å². The summed E-state index contributed by atoms with van der Waals surface area (Å²) in [4.78, 5) is 38.3. The van der Waals surface area contributed by atoms with Crippen molar-refractivity contribution in [2.75, 3.05) is 13.2 Å². The molecule has 0 bridgehead atoms. The van der Waals surface area contributed by atoms with Crippen molar-refractivity contribution in [1.29, 1.82) is 0 Å².